The van der Waals surface area contributed by atoms with Gasteiger partial charge in [0.25, 0.3) is 0 Å². The minimum Gasteiger partial charge on any atom is -0.353 e. The second-order valence-electron chi connectivity index (χ2n) is 4.90. The van der Waals surface area contributed by atoms with Crippen molar-refractivity contribution in [1.82, 2.24) is 15.3 Å². The van der Waals surface area contributed by atoms with Crippen LogP contribution in [0.25, 0.3) is 0 Å². The van der Waals surface area contributed by atoms with Gasteiger partial charge in [-0.2, -0.15) is 0 Å². The molecule has 2 rings (SSSR count). The fraction of sp³-hybridized carbons (Fsp3) is 0.692. The van der Waals surface area contributed by atoms with Gasteiger partial charge in [-0.3, -0.25) is 4.98 Å². The maximum absolute atomic E-state index is 4.67. The van der Waals surface area contributed by atoms with Crippen LogP contribution in [0.1, 0.15) is 39.3 Å². The zero-order valence-corrected chi connectivity index (χ0v) is 11.0. The molecule has 0 spiro atoms. The Morgan fingerprint density at radius 1 is 1.41 bits per heavy atom. The molecule has 1 fully saturated rings. The molecule has 1 aliphatic rings. The van der Waals surface area contributed by atoms with Crippen LogP contribution < -0.4 is 10.2 Å². The second kappa shape index (κ2) is 5.45. The minimum absolute atomic E-state index is 0.459. The lowest BCUT2D eigenvalue weighted by atomic mass is 10.3. The van der Waals surface area contributed by atoms with Crippen molar-refractivity contribution in [2.45, 2.75) is 52.2 Å². The van der Waals surface area contributed by atoms with E-state index in [9.17, 15) is 0 Å². The second-order valence-corrected chi connectivity index (χ2v) is 4.90. The third kappa shape index (κ3) is 3.40. The van der Waals surface area contributed by atoms with Gasteiger partial charge in [-0.25, -0.2) is 4.98 Å². The molecular formula is C13H22N4. The van der Waals surface area contributed by atoms with Gasteiger partial charge < -0.3 is 10.2 Å². The van der Waals surface area contributed by atoms with Crippen molar-refractivity contribution in [2.75, 3.05) is 11.4 Å². The Bertz CT molecular complexity index is 360. The van der Waals surface area contributed by atoms with Crippen molar-refractivity contribution >= 4 is 5.82 Å². The summed E-state index contributed by atoms with van der Waals surface area (Å²) in [6, 6.07) is 1.17. The molecule has 94 valence electrons. The van der Waals surface area contributed by atoms with Crippen LogP contribution in [0.4, 0.5) is 5.82 Å². The van der Waals surface area contributed by atoms with Crippen LogP contribution in [-0.4, -0.2) is 28.6 Å². The van der Waals surface area contributed by atoms with E-state index in [-0.39, 0.29) is 0 Å². The first-order chi connectivity index (χ1) is 8.20. The number of hydrogen-bond acceptors (Lipinski definition) is 4. The Morgan fingerprint density at radius 3 is 2.76 bits per heavy atom. The van der Waals surface area contributed by atoms with E-state index in [1.807, 2.05) is 12.4 Å². The van der Waals surface area contributed by atoms with Gasteiger partial charge in [-0.15, -0.1) is 0 Å². The van der Waals surface area contributed by atoms with Crippen LogP contribution in [0.3, 0.4) is 0 Å². The number of hydrogen-bond donors (Lipinski definition) is 1. The fourth-order valence-electron chi connectivity index (χ4n) is 1.95. The molecule has 0 aliphatic heterocycles. The topological polar surface area (TPSA) is 41.1 Å². The molecule has 1 heterocycles. The minimum atomic E-state index is 0.459. The van der Waals surface area contributed by atoms with E-state index in [0.29, 0.717) is 12.1 Å². The zero-order valence-electron chi connectivity index (χ0n) is 11.0. The van der Waals surface area contributed by atoms with Gasteiger partial charge in [-0.1, -0.05) is 0 Å². The highest BCUT2D eigenvalue weighted by Gasteiger charge is 2.20. The maximum Gasteiger partial charge on any atom is 0.147 e. The first kappa shape index (κ1) is 12.3. The lowest BCUT2D eigenvalue weighted by molar-refractivity contribution is 0.657. The molecule has 0 saturated heterocycles. The molecule has 1 N–H and O–H groups in total. The number of rotatable bonds is 6. The summed E-state index contributed by atoms with van der Waals surface area (Å²) in [6.45, 7) is 8.31. The van der Waals surface area contributed by atoms with Crippen LogP contribution in [0.2, 0.25) is 0 Å². The lowest BCUT2D eigenvalue weighted by Gasteiger charge is -2.26. The Balaban J connectivity index is 2.03. The normalized spacial score (nSPS) is 15.3. The van der Waals surface area contributed by atoms with Gasteiger partial charge in [0.05, 0.1) is 11.9 Å². The summed E-state index contributed by atoms with van der Waals surface area (Å²) in [5.41, 5.74) is 1.04. The molecule has 4 nitrogen and oxygen atoms in total. The summed E-state index contributed by atoms with van der Waals surface area (Å²) in [5, 5.41) is 3.47. The SMILES string of the molecule is CCN(c1cncc(CNC2CC2)n1)C(C)C. The largest absolute Gasteiger partial charge is 0.353 e. The van der Waals surface area contributed by atoms with Crippen LogP contribution in [-0.2, 0) is 6.54 Å². The van der Waals surface area contributed by atoms with E-state index in [1.165, 1.54) is 12.8 Å². The lowest BCUT2D eigenvalue weighted by Crippen LogP contribution is -2.31. The Hall–Kier alpha value is -1.16. The van der Waals surface area contributed by atoms with Gasteiger partial charge in [0.2, 0.25) is 0 Å². The van der Waals surface area contributed by atoms with E-state index in [2.05, 4.69) is 41.0 Å². The number of nitrogens with one attached hydrogen (secondary N) is 1. The smallest absolute Gasteiger partial charge is 0.147 e. The summed E-state index contributed by atoms with van der Waals surface area (Å²) >= 11 is 0. The molecule has 1 aliphatic carbocycles. The number of aromatic nitrogens is 2. The molecule has 0 aromatic carbocycles. The summed E-state index contributed by atoms with van der Waals surface area (Å²) < 4.78 is 0. The quantitative estimate of drug-likeness (QED) is 0.817. The van der Waals surface area contributed by atoms with Crippen molar-refractivity contribution in [3.05, 3.63) is 18.1 Å². The molecule has 1 saturated carbocycles. The highest BCUT2D eigenvalue weighted by molar-refractivity contribution is 5.37. The van der Waals surface area contributed by atoms with Gasteiger partial charge in [-0.05, 0) is 33.6 Å². The summed E-state index contributed by atoms with van der Waals surface area (Å²) in [4.78, 5) is 11.2. The Kier molecular flexibility index (Phi) is 3.94. The summed E-state index contributed by atoms with van der Waals surface area (Å²) in [7, 11) is 0. The molecule has 0 unspecified atom stereocenters. The predicted octanol–water partition coefficient (Wildman–Crippen LogP) is 1.96. The van der Waals surface area contributed by atoms with Crippen LogP contribution >= 0.6 is 0 Å². The number of nitrogens with zero attached hydrogens (tertiary/aromatic N) is 3. The third-order valence-corrected chi connectivity index (χ3v) is 3.08. The van der Waals surface area contributed by atoms with Crippen molar-refractivity contribution < 1.29 is 0 Å². The fourth-order valence-corrected chi connectivity index (χ4v) is 1.95. The van der Waals surface area contributed by atoms with Crippen molar-refractivity contribution in [3.63, 3.8) is 0 Å². The molecular weight excluding hydrogens is 212 g/mol. The maximum atomic E-state index is 4.67. The molecule has 0 radical (unpaired) electrons. The molecule has 0 atom stereocenters. The molecule has 4 heteroatoms. The Morgan fingerprint density at radius 2 is 2.18 bits per heavy atom. The van der Waals surface area contributed by atoms with E-state index in [0.717, 1.165) is 24.6 Å². The summed E-state index contributed by atoms with van der Waals surface area (Å²) in [5.74, 6) is 0.984. The molecule has 0 bridgehead atoms. The average molecular weight is 234 g/mol. The van der Waals surface area contributed by atoms with E-state index >= 15 is 0 Å². The first-order valence-corrected chi connectivity index (χ1v) is 6.51. The third-order valence-electron chi connectivity index (χ3n) is 3.08. The van der Waals surface area contributed by atoms with Crippen molar-refractivity contribution in [1.29, 1.82) is 0 Å². The van der Waals surface area contributed by atoms with Crippen molar-refractivity contribution in [2.24, 2.45) is 0 Å². The highest BCUT2D eigenvalue weighted by atomic mass is 15.2. The van der Waals surface area contributed by atoms with E-state index in [1.54, 1.807) is 0 Å². The number of anilines is 1. The summed E-state index contributed by atoms with van der Waals surface area (Å²) in [6.07, 6.45) is 6.32. The highest BCUT2D eigenvalue weighted by Crippen LogP contribution is 2.19. The predicted molar refractivity (Wildman–Crippen MR) is 70.0 cm³/mol. The zero-order chi connectivity index (χ0) is 12.3. The monoisotopic (exact) mass is 234 g/mol. The van der Waals surface area contributed by atoms with Crippen LogP contribution in [0.5, 0.6) is 0 Å². The molecule has 1 aromatic heterocycles. The van der Waals surface area contributed by atoms with Gasteiger partial charge in [0.15, 0.2) is 0 Å². The van der Waals surface area contributed by atoms with Crippen molar-refractivity contribution in [3.8, 4) is 0 Å². The standard InChI is InChI=1S/C13H22N4/c1-4-17(10(2)3)13-9-14-7-12(16-13)8-15-11-5-6-11/h7,9-11,15H,4-6,8H2,1-3H3. The Labute approximate surface area is 103 Å². The molecule has 17 heavy (non-hydrogen) atoms. The van der Waals surface area contributed by atoms with E-state index < -0.39 is 0 Å². The van der Waals surface area contributed by atoms with Crippen LogP contribution in [0.15, 0.2) is 12.4 Å². The van der Waals surface area contributed by atoms with Gasteiger partial charge >= 0.3 is 0 Å². The van der Waals surface area contributed by atoms with Gasteiger partial charge in [0.1, 0.15) is 5.82 Å². The average Bonchev–Trinajstić information content (AvgIpc) is 3.11. The molecule has 1 aromatic rings. The van der Waals surface area contributed by atoms with E-state index in [4.69, 9.17) is 0 Å². The first-order valence-electron chi connectivity index (χ1n) is 6.51. The molecule has 0 amide bonds. The van der Waals surface area contributed by atoms with Crippen LogP contribution in [0, 0.1) is 0 Å². The van der Waals surface area contributed by atoms with Gasteiger partial charge in [0, 0.05) is 31.4 Å².